The van der Waals surface area contributed by atoms with E-state index in [0.29, 0.717) is 0 Å². The quantitative estimate of drug-likeness (QED) is 0.639. The number of rotatable bonds is 5. The molecule has 2 heteroatoms. The predicted octanol–water partition coefficient (Wildman–Crippen LogP) is 5.61. The lowest BCUT2D eigenvalue weighted by molar-refractivity contribution is 0.411. The molecule has 1 unspecified atom stereocenters. The Morgan fingerprint density at radius 2 is 1.57 bits per heavy atom. The van der Waals surface area contributed by atoms with Crippen molar-refractivity contribution in [1.29, 1.82) is 0 Å². The van der Waals surface area contributed by atoms with Gasteiger partial charge in [-0.2, -0.15) is 0 Å². The van der Waals surface area contributed by atoms with Crippen molar-refractivity contribution in [3.63, 3.8) is 0 Å². The number of methoxy groups -OCH3 is 1. The summed E-state index contributed by atoms with van der Waals surface area (Å²) in [5.41, 5.74) is 6.58. The largest absolute Gasteiger partial charge is 0.496 e. The molecule has 0 fully saturated rings. The number of alkyl halides is 1. The van der Waals surface area contributed by atoms with E-state index >= 15 is 0 Å². The summed E-state index contributed by atoms with van der Waals surface area (Å²) in [7, 11) is 1.72. The minimum absolute atomic E-state index is 0.197. The van der Waals surface area contributed by atoms with Crippen LogP contribution in [-0.2, 0) is 12.8 Å². The number of hydrogen-bond donors (Lipinski definition) is 0. The molecule has 0 aliphatic rings. The smallest absolute Gasteiger partial charge is 0.122 e. The summed E-state index contributed by atoms with van der Waals surface area (Å²) in [5, 5.41) is 0. The first-order valence-corrected chi connectivity index (χ1v) is 8.42. The first-order chi connectivity index (χ1) is 10.1. The molecule has 0 aromatic heterocycles. The Hall–Kier alpha value is -1.28. The van der Waals surface area contributed by atoms with E-state index in [1.54, 1.807) is 7.11 Å². The zero-order valence-electron chi connectivity index (χ0n) is 13.2. The standard InChI is InChI=1S/C19H23BrO/c1-5-14-9-10-16(11-15(14)6-2)19(20)17-8-7-13(3)18(12-17)21-4/h7-12,19H,5-6H2,1-4H3. The third-order valence-corrected chi connectivity index (χ3v) is 5.07. The zero-order chi connectivity index (χ0) is 15.4. The van der Waals surface area contributed by atoms with Crippen molar-refractivity contribution in [3.8, 4) is 5.75 Å². The van der Waals surface area contributed by atoms with Gasteiger partial charge in [-0.05, 0) is 53.6 Å². The highest BCUT2D eigenvalue weighted by Crippen LogP contribution is 2.34. The van der Waals surface area contributed by atoms with Crippen molar-refractivity contribution in [3.05, 3.63) is 64.2 Å². The molecule has 2 rings (SSSR count). The molecule has 0 heterocycles. The number of ether oxygens (including phenoxy) is 1. The second-order valence-corrected chi connectivity index (χ2v) is 6.24. The highest BCUT2D eigenvalue weighted by Gasteiger charge is 2.13. The fourth-order valence-corrected chi connectivity index (χ4v) is 3.23. The van der Waals surface area contributed by atoms with Gasteiger partial charge < -0.3 is 4.74 Å². The van der Waals surface area contributed by atoms with Gasteiger partial charge in [-0.25, -0.2) is 0 Å². The van der Waals surface area contributed by atoms with Gasteiger partial charge >= 0.3 is 0 Å². The third kappa shape index (κ3) is 3.49. The van der Waals surface area contributed by atoms with E-state index in [9.17, 15) is 0 Å². The number of hydrogen-bond acceptors (Lipinski definition) is 1. The Morgan fingerprint density at radius 1 is 0.952 bits per heavy atom. The summed E-state index contributed by atoms with van der Waals surface area (Å²) < 4.78 is 5.43. The normalized spacial score (nSPS) is 12.2. The molecule has 112 valence electrons. The maximum atomic E-state index is 5.43. The molecule has 0 saturated heterocycles. The average Bonchev–Trinajstić information content (AvgIpc) is 2.53. The molecule has 2 aromatic rings. The summed E-state index contributed by atoms with van der Waals surface area (Å²) >= 11 is 3.84. The van der Waals surface area contributed by atoms with Gasteiger partial charge in [-0.3, -0.25) is 0 Å². The molecule has 2 aromatic carbocycles. The second kappa shape index (κ2) is 7.13. The zero-order valence-corrected chi connectivity index (χ0v) is 14.8. The van der Waals surface area contributed by atoms with Crippen molar-refractivity contribution >= 4 is 15.9 Å². The van der Waals surface area contributed by atoms with Gasteiger partial charge in [0.25, 0.3) is 0 Å². The van der Waals surface area contributed by atoms with E-state index in [1.807, 2.05) is 0 Å². The number of halogens is 1. The van der Waals surface area contributed by atoms with E-state index in [-0.39, 0.29) is 4.83 Å². The van der Waals surface area contributed by atoms with Gasteiger partial charge in [0, 0.05) is 0 Å². The highest BCUT2D eigenvalue weighted by molar-refractivity contribution is 9.09. The minimum Gasteiger partial charge on any atom is -0.496 e. The summed E-state index contributed by atoms with van der Waals surface area (Å²) in [6.45, 7) is 6.50. The molecular weight excluding hydrogens is 324 g/mol. The van der Waals surface area contributed by atoms with E-state index in [1.165, 1.54) is 22.3 Å². The highest BCUT2D eigenvalue weighted by atomic mass is 79.9. The van der Waals surface area contributed by atoms with Crippen molar-refractivity contribution in [2.45, 2.75) is 38.4 Å². The fraction of sp³-hybridized carbons (Fsp3) is 0.368. The molecule has 0 aliphatic heterocycles. The number of aryl methyl sites for hydroxylation is 3. The van der Waals surface area contributed by atoms with Crippen molar-refractivity contribution < 1.29 is 4.74 Å². The minimum atomic E-state index is 0.197. The van der Waals surface area contributed by atoms with Gasteiger partial charge in [0.2, 0.25) is 0 Å². The molecule has 1 atom stereocenters. The van der Waals surface area contributed by atoms with Crippen LogP contribution in [0.1, 0.15) is 46.5 Å². The van der Waals surface area contributed by atoms with E-state index < -0.39 is 0 Å². The van der Waals surface area contributed by atoms with Crippen LogP contribution in [0.2, 0.25) is 0 Å². The molecule has 0 saturated carbocycles. The van der Waals surface area contributed by atoms with Crippen LogP contribution in [0.25, 0.3) is 0 Å². The Labute approximate surface area is 136 Å². The summed E-state index contributed by atoms with van der Waals surface area (Å²) in [6, 6.07) is 13.2. The molecule has 1 nitrogen and oxygen atoms in total. The first kappa shape index (κ1) is 16.1. The van der Waals surface area contributed by atoms with Crippen molar-refractivity contribution in [2.24, 2.45) is 0 Å². The van der Waals surface area contributed by atoms with Crippen LogP contribution in [-0.4, -0.2) is 7.11 Å². The molecular formula is C19H23BrO. The summed E-state index contributed by atoms with van der Waals surface area (Å²) in [5.74, 6) is 0.942. The topological polar surface area (TPSA) is 9.23 Å². The maximum absolute atomic E-state index is 5.43. The Bertz CT molecular complexity index is 619. The van der Waals surface area contributed by atoms with Crippen molar-refractivity contribution in [2.75, 3.05) is 7.11 Å². The molecule has 0 bridgehead atoms. The van der Waals surface area contributed by atoms with Crippen LogP contribution in [0, 0.1) is 6.92 Å². The molecule has 0 amide bonds. The van der Waals surface area contributed by atoms with Crippen LogP contribution in [0.15, 0.2) is 36.4 Å². The monoisotopic (exact) mass is 346 g/mol. The van der Waals surface area contributed by atoms with Crippen LogP contribution in [0.5, 0.6) is 5.75 Å². The predicted molar refractivity (Wildman–Crippen MR) is 93.7 cm³/mol. The molecule has 0 radical (unpaired) electrons. The van der Waals surface area contributed by atoms with Gasteiger partial charge in [0.1, 0.15) is 5.75 Å². The molecule has 0 aliphatic carbocycles. The molecule has 0 N–H and O–H groups in total. The third-order valence-electron chi connectivity index (χ3n) is 4.01. The van der Waals surface area contributed by atoms with E-state index in [4.69, 9.17) is 4.74 Å². The summed E-state index contributed by atoms with van der Waals surface area (Å²) in [6.07, 6.45) is 2.17. The number of benzene rings is 2. The Balaban J connectivity index is 2.37. The first-order valence-electron chi connectivity index (χ1n) is 7.51. The summed E-state index contributed by atoms with van der Waals surface area (Å²) in [4.78, 5) is 0.197. The maximum Gasteiger partial charge on any atom is 0.122 e. The van der Waals surface area contributed by atoms with Crippen LogP contribution < -0.4 is 4.74 Å². The lowest BCUT2D eigenvalue weighted by Crippen LogP contribution is -1.98. The van der Waals surface area contributed by atoms with E-state index in [0.717, 1.165) is 24.2 Å². The van der Waals surface area contributed by atoms with Crippen LogP contribution >= 0.6 is 15.9 Å². The fourth-order valence-electron chi connectivity index (χ4n) is 2.66. The van der Waals surface area contributed by atoms with Gasteiger partial charge in [-0.1, -0.05) is 60.1 Å². The SMILES string of the molecule is CCc1ccc(C(Br)c2ccc(C)c(OC)c2)cc1CC. The molecule has 21 heavy (non-hydrogen) atoms. The van der Waals surface area contributed by atoms with Crippen molar-refractivity contribution in [1.82, 2.24) is 0 Å². The van der Waals surface area contributed by atoms with E-state index in [2.05, 4.69) is 73.1 Å². The average molecular weight is 347 g/mol. The Morgan fingerprint density at radius 3 is 2.19 bits per heavy atom. The van der Waals surface area contributed by atoms with Crippen LogP contribution in [0.3, 0.4) is 0 Å². The molecule has 0 spiro atoms. The lowest BCUT2D eigenvalue weighted by atomic mass is 9.96. The van der Waals surface area contributed by atoms with Gasteiger partial charge in [0.15, 0.2) is 0 Å². The van der Waals surface area contributed by atoms with Gasteiger partial charge in [-0.15, -0.1) is 0 Å². The van der Waals surface area contributed by atoms with Gasteiger partial charge in [0.05, 0.1) is 11.9 Å². The lowest BCUT2D eigenvalue weighted by Gasteiger charge is -2.16. The second-order valence-electron chi connectivity index (χ2n) is 5.33. The van der Waals surface area contributed by atoms with Crippen LogP contribution in [0.4, 0.5) is 0 Å². The Kier molecular flexibility index (Phi) is 5.46.